The molecule has 0 atom stereocenters. The standard InChI is InChI=1S/C32H38N2Si/c1-4-35(5-2,6-3)22-20-27-17-18-32-31(23-27)30(24-33-32)19-21-34(25-28-13-9-7-10-14-28)26-29-15-11-8-12-16-29/h7-18,23-24,33H,4-6,19,21,25-26H2,1-3H3. The summed E-state index contributed by atoms with van der Waals surface area (Å²) in [6.45, 7) is 9.86. The van der Waals surface area contributed by atoms with Gasteiger partial charge in [0, 0.05) is 42.3 Å². The van der Waals surface area contributed by atoms with Crippen molar-refractivity contribution in [1.29, 1.82) is 0 Å². The molecule has 3 heteroatoms. The number of rotatable bonds is 10. The Kier molecular flexibility index (Phi) is 8.63. The summed E-state index contributed by atoms with van der Waals surface area (Å²) in [5.74, 6) is 3.57. The molecule has 35 heavy (non-hydrogen) atoms. The summed E-state index contributed by atoms with van der Waals surface area (Å²) < 4.78 is 0. The molecule has 1 heterocycles. The minimum atomic E-state index is -1.45. The van der Waals surface area contributed by atoms with Gasteiger partial charge in [-0.3, -0.25) is 4.90 Å². The molecule has 0 unspecified atom stereocenters. The van der Waals surface area contributed by atoms with Gasteiger partial charge in [-0.15, -0.1) is 5.54 Å². The number of nitrogens with one attached hydrogen (secondary N) is 1. The predicted molar refractivity (Wildman–Crippen MR) is 153 cm³/mol. The molecule has 0 aliphatic rings. The first-order chi connectivity index (χ1) is 17.1. The van der Waals surface area contributed by atoms with Crippen molar-refractivity contribution in [3.63, 3.8) is 0 Å². The molecule has 2 nitrogen and oxygen atoms in total. The normalized spacial score (nSPS) is 11.5. The SMILES string of the molecule is CC[Si](C#Cc1ccc2[nH]cc(CCN(Cc3ccccc3)Cc3ccccc3)c2c1)(CC)CC. The van der Waals surface area contributed by atoms with Gasteiger partial charge in [0.15, 0.2) is 0 Å². The van der Waals surface area contributed by atoms with Gasteiger partial charge < -0.3 is 4.98 Å². The number of hydrogen-bond acceptors (Lipinski definition) is 1. The van der Waals surface area contributed by atoms with Crippen molar-refractivity contribution in [3.05, 3.63) is 107 Å². The zero-order chi connectivity index (χ0) is 24.5. The van der Waals surface area contributed by atoms with E-state index in [1.54, 1.807) is 0 Å². The zero-order valence-electron chi connectivity index (χ0n) is 21.5. The van der Waals surface area contributed by atoms with Crippen molar-refractivity contribution >= 4 is 19.0 Å². The molecule has 0 saturated carbocycles. The van der Waals surface area contributed by atoms with Crippen LogP contribution in [-0.4, -0.2) is 24.5 Å². The highest BCUT2D eigenvalue weighted by atomic mass is 28.3. The quantitative estimate of drug-likeness (QED) is 0.182. The van der Waals surface area contributed by atoms with Crippen LogP contribution in [0.1, 0.15) is 43.0 Å². The van der Waals surface area contributed by atoms with Gasteiger partial charge in [-0.05, 0) is 59.4 Å². The molecule has 3 aromatic carbocycles. The fourth-order valence-corrected chi connectivity index (χ4v) is 7.30. The van der Waals surface area contributed by atoms with Crippen LogP contribution in [0.2, 0.25) is 18.1 Å². The van der Waals surface area contributed by atoms with E-state index >= 15 is 0 Å². The molecular weight excluding hydrogens is 440 g/mol. The van der Waals surface area contributed by atoms with Crippen LogP contribution in [-0.2, 0) is 19.5 Å². The lowest BCUT2D eigenvalue weighted by Gasteiger charge is -2.22. The van der Waals surface area contributed by atoms with E-state index in [4.69, 9.17) is 0 Å². The van der Waals surface area contributed by atoms with Gasteiger partial charge in [0.05, 0.1) is 0 Å². The first-order valence-electron chi connectivity index (χ1n) is 13.1. The Morgan fingerprint density at radius 1 is 0.771 bits per heavy atom. The highest BCUT2D eigenvalue weighted by Gasteiger charge is 2.24. The Balaban J connectivity index is 1.53. The molecule has 4 rings (SSSR count). The first kappa shape index (κ1) is 25.0. The third-order valence-corrected chi connectivity index (χ3v) is 12.2. The monoisotopic (exact) mass is 478 g/mol. The molecule has 0 bridgehead atoms. The summed E-state index contributed by atoms with van der Waals surface area (Å²) in [5, 5.41) is 1.31. The summed E-state index contributed by atoms with van der Waals surface area (Å²) in [5.41, 5.74) is 10.2. The van der Waals surface area contributed by atoms with E-state index in [-0.39, 0.29) is 0 Å². The number of hydrogen-bond donors (Lipinski definition) is 1. The van der Waals surface area contributed by atoms with E-state index in [1.807, 2.05) is 0 Å². The Labute approximate surface area is 212 Å². The molecule has 0 aliphatic carbocycles. The van der Waals surface area contributed by atoms with Crippen LogP contribution in [0.15, 0.2) is 85.1 Å². The summed E-state index contributed by atoms with van der Waals surface area (Å²) in [4.78, 5) is 6.04. The number of aromatic amines is 1. The Bertz CT molecular complexity index is 1210. The lowest BCUT2D eigenvalue weighted by Crippen LogP contribution is -2.29. The molecule has 0 saturated heterocycles. The van der Waals surface area contributed by atoms with Crippen LogP contribution in [0.3, 0.4) is 0 Å². The fourth-order valence-electron chi connectivity index (χ4n) is 4.86. The number of nitrogens with zero attached hydrogens (tertiary/aromatic N) is 1. The van der Waals surface area contributed by atoms with E-state index in [2.05, 4.69) is 127 Å². The molecule has 1 N–H and O–H groups in total. The lowest BCUT2D eigenvalue weighted by molar-refractivity contribution is 0.260. The average Bonchev–Trinajstić information content (AvgIpc) is 3.32. The number of H-pyrrole nitrogens is 1. The van der Waals surface area contributed by atoms with Gasteiger partial charge in [-0.2, -0.15) is 0 Å². The molecule has 0 aliphatic heterocycles. The minimum Gasteiger partial charge on any atom is -0.361 e. The van der Waals surface area contributed by atoms with Gasteiger partial charge in [0.1, 0.15) is 8.07 Å². The molecule has 0 spiro atoms. The summed E-state index contributed by atoms with van der Waals surface area (Å²) in [6.07, 6.45) is 3.20. The van der Waals surface area contributed by atoms with Crippen molar-refractivity contribution in [2.24, 2.45) is 0 Å². The molecule has 1 aromatic heterocycles. The molecule has 180 valence electrons. The minimum absolute atomic E-state index is 0.951. The van der Waals surface area contributed by atoms with Gasteiger partial charge in [-0.1, -0.05) is 87.4 Å². The fraction of sp³-hybridized carbons (Fsp3) is 0.312. The van der Waals surface area contributed by atoms with Gasteiger partial charge in [-0.25, -0.2) is 0 Å². The third kappa shape index (κ3) is 6.54. The second-order valence-electron chi connectivity index (χ2n) is 9.60. The van der Waals surface area contributed by atoms with Crippen LogP contribution in [0, 0.1) is 11.5 Å². The molecule has 0 fully saturated rings. The predicted octanol–water partition coefficient (Wildman–Crippen LogP) is 7.81. The second kappa shape index (κ2) is 12.1. The number of aromatic nitrogens is 1. The van der Waals surface area contributed by atoms with E-state index in [1.165, 1.54) is 45.7 Å². The summed E-state index contributed by atoms with van der Waals surface area (Å²) >= 11 is 0. The van der Waals surface area contributed by atoms with E-state index in [0.717, 1.165) is 31.6 Å². The van der Waals surface area contributed by atoms with E-state index < -0.39 is 8.07 Å². The van der Waals surface area contributed by atoms with E-state index in [9.17, 15) is 0 Å². The smallest absolute Gasteiger partial charge is 0.138 e. The maximum absolute atomic E-state index is 3.75. The third-order valence-electron chi connectivity index (χ3n) is 7.47. The second-order valence-corrected chi connectivity index (χ2v) is 14.5. The Hall–Kier alpha value is -3.06. The molecule has 0 radical (unpaired) electrons. The van der Waals surface area contributed by atoms with Crippen LogP contribution in [0.4, 0.5) is 0 Å². The number of benzene rings is 3. The zero-order valence-corrected chi connectivity index (χ0v) is 22.5. The highest BCUT2D eigenvalue weighted by molar-refractivity contribution is 6.87. The summed E-state index contributed by atoms with van der Waals surface area (Å²) in [7, 11) is -1.45. The van der Waals surface area contributed by atoms with Crippen LogP contribution < -0.4 is 0 Å². The maximum atomic E-state index is 3.75. The lowest BCUT2D eigenvalue weighted by atomic mass is 10.1. The average molecular weight is 479 g/mol. The van der Waals surface area contributed by atoms with Crippen molar-refractivity contribution in [3.8, 4) is 11.5 Å². The molecular formula is C32H38N2Si. The molecule has 4 aromatic rings. The van der Waals surface area contributed by atoms with Gasteiger partial charge >= 0.3 is 0 Å². The van der Waals surface area contributed by atoms with Crippen LogP contribution in [0.5, 0.6) is 0 Å². The Morgan fingerprint density at radius 2 is 1.37 bits per heavy atom. The van der Waals surface area contributed by atoms with Crippen LogP contribution in [0.25, 0.3) is 10.9 Å². The van der Waals surface area contributed by atoms with Crippen molar-refractivity contribution in [2.75, 3.05) is 6.54 Å². The highest BCUT2D eigenvalue weighted by Crippen LogP contribution is 2.23. The van der Waals surface area contributed by atoms with Gasteiger partial charge in [0.25, 0.3) is 0 Å². The van der Waals surface area contributed by atoms with Crippen molar-refractivity contribution < 1.29 is 0 Å². The maximum Gasteiger partial charge on any atom is 0.138 e. The van der Waals surface area contributed by atoms with Crippen molar-refractivity contribution in [1.82, 2.24) is 9.88 Å². The largest absolute Gasteiger partial charge is 0.361 e. The summed E-state index contributed by atoms with van der Waals surface area (Å²) in [6, 6.07) is 32.0. The number of fused-ring (bicyclic) bond motifs is 1. The van der Waals surface area contributed by atoms with E-state index in [0.29, 0.717) is 0 Å². The van der Waals surface area contributed by atoms with Gasteiger partial charge in [0.2, 0.25) is 0 Å². The van der Waals surface area contributed by atoms with Crippen molar-refractivity contribution in [2.45, 2.75) is 58.4 Å². The molecule has 0 amide bonds. The Morgan fingerprint density at radius 3 is 1.94 bits per heavy atom. The first-order valence-corrected chi connectivity index (χ1v) is 15.7. The topological polar surface area (TPSA) is 19.0 Å². The van der Waals surface area contributed by atoms with Crippen LogP contribution >= 0.6 is 0 Å².